The average Bonchev–Trinajstić information content (AvgIpc) is 2.66. The van der Waals surface area contributed by atoms with Crippen molar-refractivity contribution in [3.63, 3.8) is 0 Å². The Morgan fingerprint density at radius 2 is 1.61 bits per heavy atom. The van der Waals surface area contributed by atoms with Crippen LogP contribution in [0, 0.1) is 0 Å². The Morgan fingerprint density at radius 1 is 1.04 bits per heavy atom. The van der Waals surface area contributed by atoms with E-state index < -0.39 is 5.97 Å². The maximum absolute atomic E-state index is 11.4. The quantitative estimate of drug-likeness (QED) is 0.642. The molecule has 0 amide bonds. The molecule has 2 aromatic carbocycles. The van der Waals surface area contributed by atoms with Crippen LogP contribution in [-0.4, -0.2) is 48.7 Å². The molecule has 7 heteroatoms. The maximum Gasteiger partial charge on any atom is 0.337 e. The van der Waals surface area contributed by atoms with Gasteiger partial charge in [-0.25, -0.2) is 4.79 Å². The van der Waals surface area contributed by atoms with Crippen molar-refractivity contribution in [2.45, 2.75) is 26.0 Å². The summed E-state index contributed by atoms with van der Waals surface area (Å²) in [4.78, 5) is 24.0. The van der Waals surface area contributed by atoms with Crippen molar-refractivity contribution in [2.75, 3.05) is 20.7 Å². The third-order valence-corrected chi connectivity index (χ3v) is 4.37. The zero-order valence-corrected chi connectivity index (χ0v) is 17.1. The van der Waals surface area contributed by atoms with Crippen molar-refractivity contribution in [3.05, 3.63) is 65.2 Å². The van der Waals surface area contributed by atoms with E-state index in [-0.39, 0.29) is 31.0 Å². The number of nitrogens with zero attached hydrogens (tertiary/aromatic N) is 1. The first-order valence-corrected chi connectivity index (χ1v) is 8.70. The summed E-state index contributed by atoms with van der Waals surface area (Å²) in [5.74, 6) is -0.434. The summed E-state index contributed by atoms with van der Waals surface area (Å²) < 4.78 is 10.4. The van der Waals surface area contributed by atoms with E-state index in [2.05, 4.69) is 4.74 Å². The van der Waals surface area contributed by atoms with Gasteiger partial charge in [-0.2, -0.15) is 0 Å². The van der Waals surface area contributed by atoms with Gasteiger partial charge in [-0.05, 0) is 55.8 Å². The van der Waals surface area contributed by atoms with Crippen molar-refractivity contribution >= 4 is 24.3 Å². The van der Waals surface area contributed by atoms with E-state index in [9.17, 15) is 9.59 Å². The minimum Gasteiger partial charge on any atom is -0.489 e. The lowest BCUT2D eigenvalue weighted by atomic mass is 10.1. The molecule has 152 valence electrons. The van der Waals surface area contributed by atoms with E-state index in [1.807, 2.05) is 55.3 Å². The number of hydrogen-bond acceptors (Lipinski definition) is 5. The Morgan fingerprint density at radius 3 is 2.14 bits per heavy atom. The number of benzene rings is 2. The molecule has 0 aromatic heterocycles. The predicted molar refractivity (Wildman–Crippen MR) is 109 cm³/mol. The summed E-state index contributed by atoms with van der Waals surface area (Å²) in [5, 5.41) is 8.86. The monoisotopic (exact) mass is 407 g/mol. The van der Waals surface area contributed by atoms with Crippen LogP contribution in [0.1, 0.15) is 28.4 Å². The molecular formula is C21H26ClNO5. The molecule has 0 aliphatic heterocycles. The number of carboxylic acids is 1. The zero-order chi connectivity index (χ0) is 19.8. The summed E-state index contributed by atoms with van der Waals surface area (Å²) in [6.07, 6.45) is 0.763. The zero-order valence-electron chi connectivity index (χ0n) is 16.3. The van der Waals surface area contributed by atoms with Crippen LogP contribution in [0.15, 0.2) is 48.5 Å². The number of methoxy groups -OCH3 is 1. The smallest absolute Gasteiger partial charge is 0.337 e. The number of esters is 1. The molecule has 0 heterocycles. The van der Waals surface area contributed by atoms with E-state index in [0.29, 0.717) is 12.2 Å². The first-order chi connectivity index (χ1) is 12.9. The molecular weight excluding hydrogens is 382 g/mol. The molecule has 2 rings (SSSR count). The second kappa shape index (κ2) is 11.3. The number of carbonyl (C=O) groups is 2. The van der Waals surface area contributed by atoms with Crippen LogP contribution in [-0.2, 0) is 22.6 Å². The van der Waals surface area contributed by atoms with Gasteiger partial charge in [0.15, 0.2) is 0 Å². The van der Waals surface area contributed by atoms with Crippen LogP contribution >= 0.6 is 12.4 Å². The van der Waals surface area contributed by atoms with Crippen LogP contribution in [0.4, 0.5) is 0 Å². The predicted octanol–water partition coefficient (Wildman–Crippen LogP) is 3.42. The number of hydrogen-bond donors (Lipinski definition) is 1. The lowest BCUT2D eigenvalue weighted by Gasteiger charge is -2.22. The highest BCUT2D eigenvalue weighted by molar-refractivity contribution is 5.89. The SMILES string of the molecule is COC(=O)c1ccc(COc2ccc(CC(C)N(C)CC(=O)O)cc2)cc1.Cl. The van der Waals surface area contributed by atoms with E-state index in [1.54, 1.807) is 12.1 Å². The molecule has 2 aromatic rings. The minimum atomic E-state index is -0.826. The van der Waals surface area contributed by atoms with Crippen LogP contribution < -0.4 is 4.74 Å². The van der Waals surface area contributed by atoms with Crippen LogP contribution in [0.3, 0.4) is 0 Å². The summed E-state index contributed by atoms with van der Waals surface area (Å²) in [5.41, 5.74) is 2.58. The Bertz CT molecular complexity index is 761. The number of rotatable bonds is 9. The summed E-state index contributed by atoms with van der Waals surface area (Å²) in [7, 11) is 3.16. The molecule has 0 saturated carbocycles. The average molecular weight is 408 g/mol. The van der Waals surface area contributed by atoms with Gasteiger partial charge in [-0.3, -0.25) is 9.69 Å². The van der Waals surface area contributed by atoms with E-state index in [0.717, 1.165) is 23.3 Å². The molecule has 6 nitrogen and oxygen atoms in total. The van der Waals surface area contributed by atoms with Gasteiger partial charge in [-0.15, -0.1) is 12.4 Å². The van der Waals surface area contributed by atoms with Gasteiger partial charge in [0.1, 0.15) is 12.4 Å². The second-order valence-electron chi connectivity index (χ2n) is 6.48. The summed E-state index contributed by atoms with van der Waals surface area (Å²) >= 11 is 0. The van der Waals surface area contributed by atoms with Gasteiger partial charge in [0, 0.05) is 6.04 Å². The lowest BCUT2D eigenvalue weighted by molar-refractivity contribution is -0.138. The third-order valence-electron chi connectivity index (χ3n) is 4.37. The van der Waals surface area contributed by atoms with Crippen LogP contribution in [0.2, 0.25) is 0 Å². The third kappa shape index (κ3) is 7.21. The highest BCUT2D eigenvalue weighted by atomic mass is 35.5. The molecule has 0 aliphatic rings. The molecule has 1 N–H and O–H groups in total. The molecule has 0 bridgehead atoms. The Kier molecular flexibility index (Phi) is 9.48. The normalized spacial score (nSPS) is 11.4. The molecule has 1 atom stereocenters. The van der Waals surface area contributed by atoms with Gasteiger partial charge < -0.3 is 14.6 Å². The molecule has 0 aliphatic carbocycles. The van der Waals surface area contributed by atoms with Gasteiger partial charge in [0.25, 0.3) is 0 Å². The van der Waals surface area contributed by atoms with Gasteiger partial charge >= 0.3 is 11.9 Å². The van der Waals surface area contributed by atoms with Gasteiger partial charge in [0.05, 0.1) is 19.2 Å². The lowest BCUT2D eigenvalue weighted by Crippen LogP contribution is -2.35. The fourth-order valence-electron chi connectivity index (χ4n) is 2.61. The molecule has 0 saturated heterocycles. The summed E-state index contributed by atoms with van der Waals surface area (Å²) in [6, 6.07) is 15.0. The van der Waals surface area contributed by atoms with Gasteiger partial charge in [0.2, 0.25) is 0 Å². The van der Waals surface area contributed by atoms with Crippen molar-refractivity contribution in [2.24, 2.45) is 0 Å². The van der Waals surface area contributed by atoms with Crippen LogP contribution in [0.25, 0.3) is 0 Å². The number of aliphatic carboxylic acids is 1. The first-order valence-electron chi connectivity index (χ1n) is 8.70. The second-order valence-corrected chi connectivity index (χ2v) is 6.48. The first kappa shape index (κ1) is 23.5. The molecule has 0 spiro atoms. The van der Waals surface area contributed by atoms with Crippen molar-refractivity contribution in [1.82, 2.24) is 4.90 Å². The molecule has 1 unspecified atom stereocenters. The van der Waals surface area contributed by atoms with E-state index in [4.69, 9.17) is 9.84 Å². The van der Waals surface area contributed by atoms with Crippen molar-refractivity contribution in [1.29, 1.82) is 0 Å². The van der Waals surface area contributed by atoms with E-state index >= 15 is 0 Å². The van der Waals surface area contributed by atoms with Crippen molar-refractivity contribution in [3.8, 4) is 5.75 Å². The Balaban J connectivity index is 0.00000392. The number of carboxylic acid groups (broad SMARTS) is 1. The maximum atomic E-state index is 11.4. The Hall–Kier alpha value is -2.57. The highest BCUT2D eigenvalue weighted by Crippen LogP contribution is 2.16. The number of likely N-dealkylation sites (N-methyl/N-ethyl adjacent to an activating group) is 1. The fourth-order valence-corrected chi connectivity index (χ4v) is 2.61. The Labute approximate surface area is 171 Å². The number of halogens is 1. The largest absolute Gasteiger partial charge is 0.489 e. The molecule has 28 heavy (non-hydrogen) atoms. The standard InChI is InChI=1S/C21H25NO5.ClH/c1-15(22(2)13-20(23)24)12-16-6-10-19(11-7-16)27-14-17-4-8-18(9-5-17)21(25)26-3;/h4-11,15H,12-14H2,1-3H3,(H,23,24);1H. The topological polar surface area (TPSA) is 76.1 Å². The molecule has 0 radical (unpaired) electrons. The number of ether oxygens (including phenoxy) is 2. The van der Waals surface area contributed by atoms with E-state index in [1.165, 1.54) is 7.11 Å². The number of carbonyl (C=O) groups excluding carboxylic acids is 1. The minimum absolute atomic E-state index is 0. The molecule has 0 fully saturated rings. The van der Waals surface area contributed by atoms with Gasteiger partial charge in [-0.1, -0.05) is 24.3 Å². The van der Waals surface area contributed by atoms with Crippen molar-refractivity contribution < 1.29 is 24.2 Å². The summed E-state index contributed by atoms with van der Waals surface area (Å²) in [6.45, 7) is 2.43. The highest BCUT2D eigenvalue weighted by Gasteiger charge is 2.13. The fraction of sp³-hybridized carbons (Fsp3) is 0.333. The van der Waals surface area contributed by atoms with Crippen LogP contribution in [0.5, 0.6) is 5.75 Å².